The summed E-state index contributed by atoms with van der Waals surface area (Å²) in [5, 5.41) is 7.78. The van der Waals surface area contributed by atoms with Crippen LogP contribution in [0.2, 0.25) is 5.02 Å². The Morgan fingerprint density at radius 1 is 1.36 bits per heavy atom. The maximum absolute atomic E-state index is 12.9. The Morgan fingerprint density at radius 2 is 2.21 bits per heavy atom. The van der Waals surface area contributed by atoms with Crippen molar-refractivity contribution < 1.29 is 9.53 Å². The molecule has 8 nitrogen and oxygen atoms in total. The van der Waals surface area contributed by atoms with Crippen molar-refractivity contribution in [2.24, 2.45) is 5.92 Å². The van der Waals surface area contributed by atoms with Gasteiger partial charge in [-0.2, -0.15) is 14.6 Å². The molecule has 146 valence electrons. The van der Waals surface area contributed by atoms with Gasteiger partial charge in [-0.05, 0) is 38.0 Å². The number of aryl methyl sites for hydroxylation is 1. The van der Waals surface area contributed by atoms with E-state index in [9.17, 15) is 4.79 Å². The van der Waals surface area contributed by atoms with Gasteiger partial charge in [-0.3, -0.25) is 4.79 Å². The van der Waals surface area contributed by atoms with Crippen LogP contribution in [0.1, 0.15) is 18.5 Å². The van der Waals surface area contributed by atoms with E-state index in [1.807, 2.05) is 13.0 Å². The van der Waals surface area contributed by atoms with Crippen LogP contribution in [0.15, 0.2) is 30.6 Å². The summed E-state index contributed by atoms with van der Waals surface area (Å²) in [7, 11) is 1.57. The molecule has 1 N–H and O–H groups in total. The second-order valence-corrected chi connectivity index (χ2v) is 7.28. The van der Waals surface area contributed by atoms with Crippen LogP contribution in [0.3, 0.4) is 0 Å². The lowest BCUT2D eigenvalue weighted by Crippen LogP contribution is -2.41. The summed E-state index contributed by atoms with van der Waals surface area (Å²) in [5.41, 5.74) is 1.45. The first-order chi connectivity index (χ1) is 13.5. The number of ether oxygens (including phenoxy) is 1. The summed E-state index contributed by atoms with van der Waals surface area (Å²) in [5.74, 6) is 1.83. The second-order valence-electron chi connectivity index (χ2n) is 6.85. The third kappa shape index (κ3) is 3.60. The Bertz CT molecular complexity index is 1020. The molecule has 1 saturated heterocycles. The predicted molar refractivity (Wildman–Crippen MR) is 107 cm³/mol. The number of piperidine rings is 1. The van der Waals surface area contributed by atoms with Gasteiger partial charge in [0.2, 0.25) is 5.91 Å². The lowest BCUT2D eigenvalue weighted by molar-refractivity contribution is -0.120. The number of amides is 1. The second kappa shape index (κ2) is 7.63. The average molecular weight is 401 g/mol. The Morgan fingerprint density at radius 3 is 3.04 bits per heavy atom. The average Bonchev–Trinajstić information content (AvgIpc) is 3.16. The number of rotatable bonds is 4. The standard InChI is InChI=1S/C19H21ClN6O2/c1-12-8-17(26-19(23-12)21-11-22-26)25-7-3-4-13(10-25)18(27)24-15-9-14(20)5-6-16(15)28-2/h5-6,8-9,11,13H,3-4,7,10H2,1-2H3,(H,24,27)/t13-/m1/s1. The number of hydrogen-bond donors (Lipinski definition) is 1. The van der Waals surface area contributed by atoms with Gasteiger partial charge in [0.05, 0.1) is 18.7 Å². The van der Waals surface area contributed by atoms with Gasteiger partial charge in [-0.15, -0.1) is 0 Å². The van der Waals surface area contributed by atoms with Gasteiger partial charge in [-0.1, -0.05) is 11.6 Å². The minimum Gasteiger partial charge on any atom is -0.495 e. The molecule has 1 aliphatic heterocycles. The summed E-state index contributed by atoms with van der Waals surface area (Å²) in [4.78, 5) is 23.7. The highest BCUT2D eigenvalue weighted by Crippen LogP contribution is 2.30. The zero-order valence-corrected chi connectivity index (χ0v) is 16.5. The van der Waals surface area contributed by atoms with Crippen molar-refractivity contribution in [1.29, 1.82) is 0 Å². The first-order valence-electron chi connectivity index (χ1n) is 9.12. The highest BCUT2D eigenvalue weighted by atomic mass is 35.5. The number of carbonyl (C=O) groups excluding carboxylic acids is 1. The van der Waals surface area contributed by atoms with Crippen molar-refractivity contribution in [3.63, 3.8) is 0 Å². The summed E-state index contributed by atoms with van der Waals surface area (Å²) in [6, 6.07) is 7.14. The lowest BCUT2D eigenvalue weighted by atomic mass is 9.97. The summed E-state index contributed by atoms with van der Waals surface area (Å²) in [6.07, 6.45) is 3.21. The van der Waals surface area contributed by atoms with Gasteiger partial charge in [0, 0.05) is 29.9 Å². The van der Waals surface area contributed by atoms with Crippen molar-refractivity contribution in [3.8, 4) is 5.75 Å². The molecule has 3 aromatic rings. The number of methoxy groups -OCH3 is 1. The smallest absolute Gasteiger partial charge is 0.254 e. The molecule has 4 rings (SSSR count). The highest BCUT2D eigenvalue weighted by molar-refractivity contribution is 6.31. The molecule has 1 fully saturated rings. The Kier molecular flexibility index (Phi) is 5.04. The molecule has 1 aromatic carbocycles. The largest absolute Gasteiger partial charge is 0.495 e. The van der Waals surface area contributed by atoms with Crippen LogP contribution in [0.25, 0.3) is 5.78 Å². The van der Waals surface area contributed by atoms with Crippen molar-refractivity contribution >= 4 is 34.8 Å². The first kappa shape index (κ1) is 18.5. The number of nitrogens with one attached hydrogen (secondary N) is 1. The molecule has 0 saturated carbocycles. The number of benzene rings is 1. The summed E-state index contributed by atoms with van der Waals surface area (Å²) in [6.45, 7) is 3.37. The van der Waals surface area contributed by atoms with Crippen molar-refractivity contribution in [1.82, 2.24) is 19.6 Å². The van der Waals surface area contributed by atoms with Crippen LogP contribution in [0, 0.1) is 12.8 Å². The van der Waals surface area contributed by atoms with E-state index in [0.29, 0.717) is 28.8 Å². The van der Waals surface area contributed by atoms with Crippen LogP contribution in [0.5, 0.6) is 5.75 Å². The molecule has 28 heavy (non-hydrogen) atoms. The molecule has 2 aromatic heterocycles. The molecule has 0 bridgehead atoms. The summed E-state index contributed by atoms with van der Waals surface area (Å²) < 4.78 is 7.04. The van der Waals surface area contributed by atoms with Crippen LogP contribution < -0.4 is 15.0 Å². The molecule has 1 amide bonds. The Labute approximate surface area is 167 Å². The molecule has 0 spiro atoms. The number of aromatic nitrogens is 4. The van der Waals surface area contributed by atoms with Gasteiger partial charge >= 0.3 is 0 Å². The van der Waals surface area contributed by atoms with E-state index in [4.69, 9.17) is 16.3 Å². The molecular formula is C19H21ClN6O2. The van der Waals surface area contributed by atoms with E-state index >= 15 is 0 Å². The number of nitrogens with zero attached hydrogens (tertiary/aromatic N) is 5. The molecule has 1 atom stereocenters. The first-order valence-corrected chi connectivity index (χ1v) is 9.49. The number of hydrogen-bond acceptors (Lipinski definition) is 6. The van der Waals surface area contributed by atoms with E-state index in [0.717, 1.165) is 30.9 Å². The van der Waals surface area contributed by atoms with Gasteiger partial charge in [-0.25, -0.2) is 4.98 Å². The van der Waals surface area contributed by atoms with E-state index in [1.54, 1.807) is 29.8 Å². The Balaban J connectivity index is 1.54. The number of halogens is 1. The minimum atomic E-state index is -0.163. The molecule has 0 unspecified atom stereocenters. The van der Waals surface area contributed by atoms with Crippen LogP contribution in [-0.2, 0) is 4.79 Å². The van der Waals surface area contributed by atoms with E-state index < -0.39 is 0 Å². The molecular weight excluding hydrogens is 380 g/mol. The van der Waals surface area contributed by atoms with Gasteiger partial charge in [0.1, 0.15) is 17.9 Å². The third-order valence-electron chi connectivity index (χ3n) is 4.90. The molecule has 0 aliphatic carbocycles. The van der Waals surface area contributed by atoms with E-state index in [2.05, 4.69) is 25.3 Å². The van der Waals surface area contributed by atoms with Crippen LogP contribution >= 0.6 is 11.6 Å². The molecule has 3 heterocycles. The molecule has 0 radical (unpaired) electrons. The zero-order valence-electron chi connectivity index (χ0n) is 15.7. The third-order valence-corrected chi connectivity index (χ3v) is 5.13. The minimum absolute atomic E-state index is 0.0501. The van der Waals surface area contributed by atoms with E-state index in [1.165, 1.54) is 6.33 Å². The fraction of sp³-hybridized carbons (Fsp3) is 0.368. The van der Waals surface area contributed by atoms with Crippen molar-refractivity contribution in [2.45, 2.75) is 19.8 Å². The predicted octanol–water partition coefficient (Wildman–Crippen LogP) is 2.95. The lowest BCUT2D eigenvalue weighted by Gasteiger charge is -2.33. The SMILES string of the molecule is COc1ccc(Cl)cc1NC(=O)[C@@H]1CCCN(c2cc(C)nc3ncnn23)C1. The molecule has 9 heteroatoms. The topological polar surface area (TPSA) is 84.6 Å². The van der Waals surface area contributed by atoms with Crippen LogP contribution in [-0.4, -0.2) is 45.7 Å². The maximum Gasteiger partial charge on any atom is 0.254 e. The number of fused-ring (bicyclic) bond motifs is 1. The normalized spacial score (nSPS) is 17.0. The number of anilines is 2. The van der Waals surface area contributed by atoms with Gasteiger partial charge in [0.15, 0.2) is 0 Å². The maximum atomic E-state index is 12.9. The zero-order chi connectivity index (χ0) is 19.7. The number of carbonyl (C=O) groups is 1. The fourth-order valence-electron chi connectivity index (χ4n) is 3.55. The fourth-order valence-corrected chi connectivity index (χ4v) is 3.72. The highest BCUT2D eigenvalue weighted by Gasteiger charge is 2.28. The quantitative estimate of drug-likeness (QED) is 0.724. The van der Waals surface area contributed by atoms with Crippen molar-refractivity contribution in [2.75, 3.05) is 30.4 Å². The Hall–Kier alpha value is -2.87. The van der Waals surface area contributed by atoms with E-state index in [-0.39, 0.29) is 11.8 Å². The summed E-state index contributed by atoms with van der Waals surface area (Å²) >= 11 is 6.07. The molecule has 1 aliphatic rings. The van der Waals surface area contributed by atoms with Crippen molar-refractivity contribution in [3.05, 3.63) is 41.3 Å². The van der Waals surface area contributed by atoms with Crippen LogP contribution in [0.4, 0.5) is 11.5 Å². The monoisotopic (exact) mass is 400 g/mol. The van der Waals surface area contributed by atoms with Gasteiger partial charge < -0.3 is 15.0 Å². The van der Waals surface area contributed by atoms with Gasteiger partial charge in [0.25, 0.3) is 5.78 Å².